The number of pyridine rings is 1. The summed E-state index contributed by atoms with van der Waals surface area (Å²) in [7, 11) is 0. The first-order valence-electron chi connectivity index (χ1n) is 3.83. The van der Waals surface area contributed by atoms with Gasteiger partial charge in [0.25, 0.3) is 6.43 Å². The van der Waals surface area contributed by atoms with Crippen LogP contribution in [0.1, 0.15) is 17.7 Å². The van der Waals surface area contributed by atoms with E-state index in [9.17, 15) is 18.4 Å². The standard InChI is InChI=1S/C8H6F2INO3/c9-7(10)4-2-5(13)3(1-6(14)15)8(11)12-4/h2,7H,1H2,(H,12,13)(H,14,15). The van der Waals surface area contributed by atoms with Gasteiger partial charge in [-0.05, 0) is 22.6 Å². The highest BCUT2D eigenvalue weighted by atomic mass is 127. The second kappa shape index (κ2) is 4.69. The molecule has 1 aromatic heterocycles. The number of nitrogens with one attached hydrogen (secondary N) is 1. The normalized spacial score (nSPS) is 10.7. The Labute approximate surface area is 96.5 Å². The monoisotopic (exact) mass is 329 g/mol. The summed E-state index contributed by atoms with van der Waals surface area (Å²) in [6.45, 7) is 0. The number of aromatic nitrogens is 1. The van der Waals surface area contributed by atoms with E-state index in [2.05, 4.69) is 4.98 Å². The molecule has 0 aliphatic carbocycles. The number of alkyl halides is 2. The van der Waals surface area contributed by atoms with Crippen LogP contribution in [0.3, 0.4) is 0 Å². The minimum absolute atomic E-state index is 0.00694. The number of carbonyl (C=O) groups is 1. The van der Waals surface area contributed by atoms with Gasteiger partial charge in [0, 0.05) is 11.6 Å². The Hall–Kier alpha value is -0.990. The molecule has 0 aromatic carbocycles. The summed E-state index contributed by atoms with van der Waals surface area (Å²) in [6, 6.07) is 0.727. The van der Waals surface area contributed by atoms with E-state index in [0.717, 1.165) is 6.07 Å². The van der Waals surface area contributed by atoms with Gasteiger partial charge in [-0.3, -0.25) is 9.59 Å². The molecule has 4 nitrogen and oxygen atoms in total. The van der Waals surface area contributed by atoms with E-state index < -0.39 is 29.9 Å². The van der Waals surface area contributed by atoms with Crippen LogP contribution in [-0.4, -0.2) is 16.1 Å². The van der Waals surface area contributed by atoms with Crippen molar-refractivity contribution in [3.05, 3.63) is 31.2 Å². The van der Waals surface area contributed by atoms with Crippen LogP contribution in [-0.2, 0) is 11.2 Å². The smallest absolute Gasteiger partial charge is 0.308 e. The second-order valence-corrected chi connectivity index (χ2v) is 3.83. The predicted octanol–water partition coefficient (Wildman–Crippen LogP) is 1.54. The number of aliphatic carboxylic acids is 1. The molecule has 0 saturated heterocycles. The molecule has 0 radical (unpaired) electrons. The Kier molecular flexibility index (Phi) is 3.77. The van der Waals surface area contributed by atoms with E-state index in [1.165, 1.54) is 0 Å². The van der Waals surface area contributed by atoms with Gasteiger partial charge in [-0.25, -0.2) is 8.78 Å². The molecular weight excluding hydrogens is 323 g/mol. The molecule has 82 valence electrons. The molecule has 0 fully saturated rings. The topological polar surface area (TPSA) is 70.2 Å². The zero-order valence-corrected chi connectivity index (χ0v) is 9.42. The number of H-pyrrole nitrogens is 1. The highest BCUT2D eigenvalue weighted by Gasteiger charge is 2.15. The lowest BCUT2D eigenvalue weighted by Crippen LogP contribution is -2.17. The van der Waals surface area contributed by atoms with E-state index in [1.807, 2.05) is 0 Å². The van der Waals surface area contributed by atoms with Gasteiger partial charge in [0.1, 0.15) is 0 Å². The maximum absolute atomic E-state index is 12.2. The predicted molar refractivity (Wildman–Crippen MR) is 56.1 cm³/mol. The van der Waals surface area contributed by atoms with Crippen LogP contribution in [0.15, 0.2) is 10.9 Å². The van der Waals surface area contributed by atoms with Gasteiger partial charge in [0.15, 0.2) is 5.43 Å². The molecule has 0 atom stereocenters. The molecule has 0 spiro atoms. The number of rotatable bonds is 3. The second-order valence-electron chi connectivity index (χ2n) is 2.75. The van der Waals surface area contributed by atoms with E-state index in [-0.39, 0.29) is 9.26 Å². The van der Waals surface area contributed by atoms with Crippen molar-refractivity contribution in [1.29, 1.82) is 0 Å². The van der Waals surface area contributed by atoms with Crippen LogP contribution < -0.4 is 5.43 Å². The summed E-state index contributed by atoms with van der Waals surface area (Å²) in [5.74, 6) is -1.18. The van der Waals surface area contributed by atoms with Crippen LogP contribution in [0.4, 0.5) is 8.78 Å². The van der Waals surface area contributed by atoms with Gasteiger partial charge in [-0.15, -0.1) is 0 Å². The molecule has 1 heterocycles. The Morgan fingerprint density at radius 1 is 1.60 bits per heavy atom. The minimum atomic E-state index is -2.77. The van der Waals surface area contributed by atoms with E-state index in [4.69, 9.17) is 5.11 Å². The van der Waals surface area contributed by atoms with Gasteiger partial charge in [-0.1, -0.05) is 0 Å². The molecule has 0 amide bonds. The van der Waals surface area contributed by atoms with Crippen molar-refractivity contribution in [2.75, 3.05) is 0 Å². The zero-order valence-electron chi connectivity index (χ0n) is 7.26. The SMILES string of the molecule is O=C(O)Cc1c(I)[nH]c(C(F)F)cc1=O. The molecule has 2 N–H and O–H groups in total. The van der Waals surface area contributed by atoms with Crippen LogP contribution >= 0.6 is 22.6 Å². The van der Waals surface area contributed by atoms with Crippen molar-refractivity contribution in [2.45, 2.75) is 12.8 Å². The highest BCUT2D eigenvalue weighted by molar-refractivity contribution is 14.1. The van der Waals surface area contributed by atoms with Gasteiger partial charge in [0.2, 0.25) is 0 Å². The Morgan fingerprint density at radius 2 is 2.20 bits per heavy atom. The molecule has 1 aromatic rings. The van der Waals surface area contributed by atoms with Crippen molar-refractivity contribution in [3.63, 3.8) is 0 Å². The number of carboxylic acids is 1. The third kappa shape index (κ3) is 2.98. The molecule has 7 heteroatoms. The molecule has 0 saturated carbocycles. The third-order valence-electron chi connectivity index (χ3n) is 1.67. The molecule has 1 rings (SSSR count). The van der Waals surface area contributed by atoms with Gasteiger partial charge < -0.3 is 10.1 Å². The van der Waals surface area contributed by atoms with Crippen molar-refractivity contribution in [3.8, 4) is 0 Å². The summed E-state index contributed by atoms with van der Waals surface area (Å²) >= 11 is 1.63. The zero-order chi connectivity index (χ0) is 11.6. The third-order valence-corrected chi connectivity index (χ3v) is 2.59. The van der Waals surface area contributed by atoms with Crippen molar-refractivity contribution >= 4 is 28.6 Å². The fourth-order valence-corrected chi connectivity index (χ4v) is 1.78. The lowest BCUT2D eigenvalue weighted by molar-refractivity contribution is -0.136. The average molecular weight is 329 g/mol. The number of carboxylic acid groups (broad SMARTS) is 1. The van der Waals surface area contributed by atoms with E-state index in [1.54, 1.807) is 22.6 Å². The summed E-state index contributed by atoms with van der Waals surface area (Å²) in [5.41, 5.74) is -1.19. The first-order chi connectivity index (χ1) is 6.91. The van der Waals surface area contributed by atoms with Crippen molar-refractivity contribution < 1.29 is 18.7 Å². The van der Waals surface area contributed by atoms with Crippen molar-refractivity contribution in [1.82, 2.24) is 4.98 Å². The Balaban J connectivity index is 3.21. The quantitative estimate of drug-likeness (QED) is 0.653. The first kappa shape index (κ1) is 12.1. The largest absolute Gasteiger partial charge is 0.481 e. The van der Waals surface area contributed by atoms with Crippen LogP contribution in [0.5, 0.6) is 0 Å². The van der Waals surface area contributed by atoms with Crippen LogP contribution in [0.2, 0.25) is 0 Å². The average Bonchev–Trinajstić information content (AvgIpc) is 2.10. The first-order valence-corrected chi connectivity index (χ1v) is 4.91. The molecule has 0 unspecified atom stereocenters. The lowest BCUT2D eigenvalue weighted by atomic mass is 10.2. The molecule has 15 heavy (non-hydrogen) atoms. The van der Waals surface area contributed by atoms with E-state index in [0.29, 0.717) is 0 Å². The number of hydrogen-bond acceptors (Lipinski definition) is 2. The van der Waals surface area contributed by atoms with Gasteiger partial charge in [-0.2, -0.15) is 0 Å². The number of halogens is 3. The fourth-order valence-electron chi connectivity index (χ4n) is 1.01. The molecule has 0 aliphatic rings. The molecule has 0 aliphatic heterocycles. The van der Waals surface area contributed by atoms with E-state index >= 15 is 0 Å². The summed E-state index contributed by atoms with van der Waals surface area (Å²) in [4.78, 5) is 24.0. The fraction of sp³-hybridized carbons (Fsp3) is 0.250. The number of hydrogen-bond donors (Lipinski definition) is 2. The van der Waals surface area contributed by atoms with Gasteiger partial charge in [0.05, 0.1) is 15.8 Å². The Morgan fingerprint density at radius 3 is 2.60 bits per heavy atom. The maximum Gasteiger partial charge on any atom is 0.308 e. The summed E-state index contributed by atoms with van der Waals surface area (Å²) in [6.07, 6.45) is -3.25. The maximum atomic E-state index is 12.2. The Bertz CT molecular complexity index is 444. The summed E-state index contributed by atoms with van der Waals surface area (Å²) in [5, 5.41) is 8.49. The number of aromatic amines is 1. The van der Waals surface area contributed by atoms with Gasteiger partial charge >= 0.3 is 5.97 Å². The molecule has 0 bridgehead atoms. The highest BCUT2D eigenvalue weighted by Crippen LogP contribution is 2.17. The minimum Gasteiger partial charge on any atom is -0.481 e. The summed E-state index contributed by atoms with van der Waals surface area (Å²) < 4.78 is 24.6. The van der Waals surface area contributed by atoms with Crippen LogP contribution in [0, 0.1) is 3.70 Å². The van der Waals surface area contributed by atoms with Crippen molar-refractivity contribution in [2.24, 2.45) is 0 Å². The molecular formula is C8H6F2INO3. The lowest BCUT2D eigenvalue weighted by Gasteiger charge is -2.04. The van der Waals surface area contributed by atoms with Crippen LogP contribution in [0.25, 0.3) is 0 Å².